The van der Waals surface area contributed by atoms with Crippen molar-refractivity contribution < 1.29 is 19.1 Å². The molecule has 88 valence electrons. The summed E-state index contributed by atoms with van der Waals surface area (Å²) >= 11 is 0. The molecule has 0 spiro atoms. The molecule has 0 aliphatic rings. The van der Waals surface area contributed by atoms with Crippen LogP contribution in [0, 0.1) is 0 Å². The zero-order chi connectivity index (χ0) is 11.5. The Hall–Kier alpha value is -0.900. The molecule has 0 aliphatic heterocycles. The van der Waals surface area contributed by atoms with E-state index in [1.807, 2.05) is 0 Å². The first-order chi connectivity index (χ1) is 7.16. The summed E-state index contributed by atoms with van der Waals surface area (Å²) in [4.78, 5) is 21.7. The molecule has 0 N–H and O–H groups in total. The van der Waals surface area contributed by atoms with Crippen LogP contribution in [-0.2, 0) is 19.1 Å². The average Bonchev–Trinajstić information content (AvgIpc) is 2.19. The van der Waals surface area contributed by atoms with Crippen LogP contribution < -0.4 is 0 Å². The molecular weight excluding hydrogens is 196 g/mol. The van der Waals surface area contributed by atoms with E-state index in [-0.39, 0.29) is 11.8 Å². The Bertz CT molecular complexity index is 189. The van der Waals surface area contributed by atoms with Gasteiger partial charge in [0.25, 0.3) is 0 Å². The number of esters is 1. The van der Waals surface area contributed by atoms with Crippen LogP contribution in [0.4, 0.5) is 0 Å². The zero-order valence-electron chi connectivity index (χ0n) is 9.58. The zero-order valence-corrected chi connectivity index (χ0v) is 9.58. The largest absolute Gasteiger partial charge is 0.466 e. The molecule has 0 aromatic carbocycles. The molecule has 0 fully saturated rings. The van der Waals surface area contributed by atoms with Gasteiger partial charge in [0.2, 0.25) is 0 Å². The standard InChI is InChI=1S/C11H20O4/c1-10(12)6-5-9-15-11(13)7-3-4-8-14-2/h3-9H2,1-2H3. The molecule has 0 radical (unpaired) electrons. The van der Waals surface area contributed by atoms with Crippen molar-refractivity contribution in [3.05, 3.63) is 0 Å². The molecule has 0 saturated carbocycles. The summed E-state index contributed by atoms with van der Waals surface area (Å²) in [5.41, 5.74) is 0. The van der Waals surface area contributed by atoms with Crippen molar-refractivity contribution in [1.29, 1.82) is 0 Å². The second-order valence-corrected chi connectivity index (χ2v) is 3.48. The maximum absolute atomic E-state index is 11.1. The van der Waals surface area contributed by atoms with Gasteiger partial charge in [0.1, 0.15) is 5.78 Å². The predicted molar refractivity (Wildman–Crippen MR) is 56.6 cm³/mol. The number of hydrogen-bond donors (Lipinski definition) is 0. The van der Waals surface area contributed by atoms with E-state index in [4.69, 9.17) is 9.47 Å². The van der Waals surface area contributed by atoms with Gasteiger partial charge in [-0.25, -0.2) is 0 Å². The summed E-state index contributed by atoms with van der Waals surface area (Å²) in [6, 6.07) is 0. The van der Waals surface area contributed by atoms with E-state index in [1.165, 1.54) is 6.92 Å². The fourth-order valence-electron chi connectivity index (χ4n) is 1.10. The highest BCUT2D eigenvalue weighted by atomic mass is 16.5. The minimum atomic E-state index is -0.186. The average molecular weight is 216 g/mol. The van der Waals surface area contributed by atoms with Crippen LogP contribution in [0.25, 0.3) is 0 Å². The van der Waals surface area contributed by atoms with E-state index < -0.39 is 0 Å². The molecule has 0 bridgehead atoms. The second kappa shape index (κ2) is 9.65. The third-order valence-corrected chi connectivity index (χ3v) is 1.92. The molecule has 0 amide bonds. The van der Waals surface area contributed by atoms with E-state index in [0.29, 0.717) is 32.5 Å². The van der Waals surface area contributed by atoms with Gasteiger partial charge in [0.05, 0.1) is 6.61 Å². The van der Waals surface area contributed by atoms with E-state index in [1.54, 1.807) is 7.11 Å². The predicted octanol–water partition coefficient (Wildman–Crippen LogP) is 1.72. The van der Waals surface area contributed by atoms with Crippen molar-refractivity contribution in [3.63, 3.8) is 0 Å². The lowest BCUT2D eigenvalue weighted by molar-refractivity contribution is -0.144. The maximum atomic E-state index is 11.1. The summed E-state index contributed by atoms with van der Waals surface area (Å²) in [6.45, 7) is 2.56. The molecule has 0 aromatic rings. The Labute approximate surface area is 90.9 Å². The van der Waals surface area contributed by atoms with Gasteiger partial charge in [-0.3, -0.25) is 4.79 Å². The number of carbonyl (C=O) groups is 2. The number of methoxy groups -OCH3 is 1. The fourth-order valence-corrected chi connectivity index (χ4v) is 1.10. The molecule has 0 rings (SSSR count). The fraction of sp³-hybridized carbons (Fsp3) is 0.818. The van der Waals surface area contributed by atoms with Crippen molar-refractivity contribution in [2.75, 3.05) is 20.3 Å². The molecule has 0 unspecified atom stereocenters. The van der Waals surface area contributed by atoms with Crippen LogP contribution in [-0.4, -0.2) is 32.1 Å². The second-order valence-electron chi connectivity index (χ2n) is 3.48. The summed E-state index contributed by atoms with van der Waals surface area (Å²) < 4.78 is 9.80. The highest BCUT2D eigenvalue weighted by Crippen LogP contribution is 1.99. The highest BCUT2D eigenvalue weighted by Gasteiger charge is 2.02. The third kappa shape index (κ3) is 11.0. The Morgan fingerprint density at radius 1 is 1.00 bits per heavy atom. The SMILES string of the molecule is COCCCCC(=O)OCCCC(C)=O. The Morgan fingerprint density at radius 3 is 2.33 bits per heavy atom. The Morgan fingerprint density at radius 2 is 1.73 bits per heavy atom. The van der Waals surface area contributed by atoms with Crippen molar-refractivity contribution in [2.45, 2.75) is 39.0 Å². The van der Waals surface area contributed by atoms with Gasteiger partial charge in [-0.15, -0.1) is 0 Å². The number of Topliss-reactive ketones (excluding diaryl/α,β-unsaturated/α-hetero) is 1. The molecule has 15 heavy (non-hydrogen) atoms. The van der Waals surface area contributed by atoms with E-state index in [0.717, 1.165) is 12.8 Å². The maximum Gasteiger partial charge on any atom is 0.305 e. The number of unbranched alkanes of at least 4 members (excludes halogenated alkanes) is 1. The van der Waals surface area contributed by atoms with E-state index in [2.05, 4.69) is 0 Å². The normalized spacial score (nSPS) is 10.0. The molecular formula is C11H20O4. The van der Waals surface area contributed by atoms with E-state index in [9.17, 15) is 9.59 Å². The number of rotatable bonds is 9. The summed E-state index contributed by atoms with van der Waals surface area (Å²) in [5, 5.41) is 0. The molecule has 4 heteroatoms. The molecule has 0 heterocycles. The lowest BCUT2D eigenvalue weighted by atomic mass is 10.2. The monoisotopic (exact) mass is 216 g/mol. The van der Waals surface area contributed by atoms with Crippen molar-refractivity contribution in [3.8, 4) is 0 Å². The van der Waals surface area contributed by atoms with Crippen LogP contribution in [0.2, 0.25) is 0 Å². The van der Waals surface area contributed by atoms with Gasteiger partial charge in [-0.05, 0) is 26.2 Å². The summed E-state index contributed by atoms with van der Waals surface area (Å²) in [7, 11) is 1.64. The van der Waals surface area contributed by atoms with E-state index >= 15 is 0 Å². The van der Waals surface area contributed by atoms with Crippen molar-refractivity contribution >= 4 is 11.8 Å². The van der Waals surface area contributed by atoms with Crippen LogP contribution in [0.15, 0.2) is 0 Å². The molecule has 4 nitrogen and oxygen atoms in total. The summed E-state index contributed by atoms with van der Waals surface area (Å²) in [5.74, 6) is -0.0548. The minimum Gasteiger partial charge on any atom is -0.466 e. The van der Waals surface area contributed by atoms with Gasteiger partial charge in [0, 0.05) is 26.6 Å². The number of carbonyl (C=O) groups excluding carboxylic acids is 2. The Balaban J connectivity index is 3.22. The van der Waals surface area contributed by atoms with Gasteiger partial charge < -0.3 is 14.3 Å². The van der Waals surface area contributed by atoms with Gasteiger partial charge >= 0.3 is 5.97 Å². The molecule has 0 aliphatic carbocycles. The highest BCUT2D eigenvalue weighted by molar-refractivity contribution is 5.75. The van der Waals surface area contributed by atoms with Crippen LogP contribution >= 0.6 is 0 Å². The van der Waals surface area contributed by atoms with Crippen LogP contribution in [0.1, 0.15) is 39.0 Å². The Kier molecular flexibility index (Phi) is 9.07. The number of hydrogen-bond acceptors (Lipinski definition) is 4. The lowest BCUT2D eigenvalue weighted by Crippen LogP contribution is -2.07. The minimum absolute atomic E-state index is 0.131. The number of ether oxygens (including phenoxy) is 2. The van der Waals surface area contributed by atoms with Gasteiger partial charge in [0.15, 0.2) is 0 Å². The smallest absolute Gasteiger partial charge is 0.305 e. The summed E-state index contributed by atoms with van der Waals surface area (Å²) in [6.07, 6.45) is 3.21. The third-order valence-electron chi connectivity index (χ3n) is 1.92. The van der Waals surface area contributed by atoms with Gasteiger partial charge in [-0.1, -0.05) is 0 Å². The first-order valence-electron chi connectivity index (χ1n) is 5.31. The first kappa shape index (κ1) is 14.1. The van der Waals surface area contributed by atoms with Crippen LogP contribution in [0.5, 0.6) is 0 Å². The quantitative estimate of drug-likeness (QED) is 0.435. The van der Waals surface area contributed by atoms with Crippen molar-refractivity contribution in [1.82, 2.24) is 0 Å². The lowest BCUT2D eigenvalue weighted by Gasteiger charge is -2.03. The van der Waals surface area contributed by atoms with Crippen LogP contribution in [0.3, 0.4) is 0 Å². The van der Waals surface area contributed by atoms with Crippen molar-refractivity contribution in [2.24, 2.45) is 0 Å². The van der Waals surface area contributed by atoms with Gasteiger partial charge in [-0.2, -0.15) is 0 Å². The number of ketones is 1. The topological polar surface area (TPSA) is 52.6 Å². The first-order valence-corrected chi connectivity index (χ1v) is 5.31. The molecule has 0 saturated heterocycles. The molecule has 0 aromatic heterocycles. The molecule has 0 atom stereocenters.